The summed E-state index contributed by atoms with van der Waals surface area (Å²) in [5.74, 6) is 0.697. The van der Waals surface area contributed by atoms with E-state index in [0.717, 1.165) is 13.1 Å². The van der Waals surface area contributed by atoms with Gasteiger partial charge in [0.1, 0.15) is 0 Å². The van der Waals surface area contributed by atoms with Crippen molar-refractivity contribution in [2.45, 2.75) is 34.2 Å². The van der Waals surface area contributed by atoms with Crippen LogP contribution in [0.2, 0.25) is 0 Å². The third kappa shape index (κ3) is 2.70. The molecule has 0 saturated heterocycles. The van der Waals surface area contributed by atoms with Crippen LogP contribution in [-0.2, 0) is 6.54 Å². The summed E-state index contributed by atoms with van der Waals surface area (Å²) in [6.45, 7) is 10.8. The second-order valence-electron chi connectivity index (χ2n) is 5.30. The Kier molecular flexibility index (Phi) is 3.53. The quantitative estimate of drug-likeness (QED) is 0.826. The number of aromatic nitrogens is 1. The number of fused-ring (bicyclic) bond motifs is 1. The molecule has 0 unspecified atom stereocenters. The fourth-order valence-electron chi connectivity index (χ4n) is 2.21. The zero-order valence-corrected chi connectivity index (χ0v) is 11.2. The average Bonchev–Trinajstić information content (AvgIpc) is 2.55. The second kappa shape index (κ2) is 4.92. The van der Waals surface area contributed by atoms with Gasteiger partial charge in [0.25, 0.3) is 0 Å². The van der Waals surface area contributed by atoms with Crippen LogP contribution in [0.3, 0.4) is 0 Å². The van der Waals surface area contributed by atoms with E-state index in [9.17, 15) is 0 Å². The number of hydrogen-bond acceptors (Lipinski definition) is 1. The molecule has 0 aliphatic rings. The molecule has 2 N–H and O–H groups in total. The van der Waals surface area contributed by atoms with Gasteiger partial charge in [0.2, 0.25) is 0 Å². The molecule has 2 rings (SSSR count). The zero-order valence-electron chi connectivity index (χ0n) is 11.2. The van der Waals surface area contributed by atoms with E-state index in [2.05, 4.69) is 56.2 Å². The average molecular weight is 230 g/mol. The lowest BCUT2D eigenvalue weighted by Gasteiger charge is -2.07. The minimum absolute atomic E-state index is 0.697. The first-order valence-electron chi connectivity index (χ1n) is 6.36. The fourth-order valence-corrected chi connectivity index (χ4v) is 2.21. The summed E-state index contributed by atoms with van der Waals surface area (Å²) in [4.78, 5) is 3.45. The van der Waals surface area contributed by atoms with Gasteiger partial charge in [0.05, 0.1) is 0 Å². The number of rotatable bonds is 4. The molecule has 1 heterocycles. The third-order valence-corrected chi connectivity index (χ3v) is 3.13. The number of H-pyrrole nitrogens is 1. The van der Waals surface area contributed by atoms with Crippen molar-refractivity contribution in [2.75, 3.05) is 6.54 Å². The van der Waals surface area contributed by atoms with E-state index in [0.29, 0.717) is 5.92 Å². The van der Waals surface area contributed by atoms with Gasteiger partial charge in [-0.2, -0.15) is 0 Å². The van der Waals surface area contributed by atoms with Crippen LogP contribution in [0.15, 0.2) is 18.2 Å². The van der Waals surface area contributed by atoms with Gasteiger partial charge in [-0.3, -0.25) is 0 Å². The lowest BCUT2D eigenvalue weighted by molar-refractivity contribution is 0.552. The number of aryl methyl sites for hydroxylation is 2. The van der Waals surface area contributed by atoms with E-state index in [1.165, 1.54) is 27.7 Å². The topological polar surface area (TPSA) is 27.8 Å². The Morgan fingerprint density at radius 1 is 1.24 bits per heavy atom. The molecule has 2 nitrogen and oxygen atoms in total. The van der Waals surface area contributed by atoms with Gasteiger partial charge >= 0.3 is 0 Å². The number of hydrogen-bond donors (Lipinski definition) is 2. The number of nitrogens with one attached hydrogen (secondary N) is 2. The Labute approximate surface area is 103 Å². The summed E-state index contributed by atoms with van der Waals surface area (Å²) >= 11 is 0. The van der Waals surface area contributed by atoms with Gasteiger partial charge in [-0.25, -0.2) is 0 Å². The van der Waals surface area contributed by atoms with E-state index in [1.54, 1.807) is 0 Å². The maximum atomic E-state index is 3.52. The van der Waals surface area contributed by atoms with E-state index in [4.69, 9.17) is 0 Å². The van der Waals surface area contributed by atoms with Crippen LogP contribution in [0.25, 0.3) is 10.9 Å². The van der Waals surface area contributed by atoms with Gasteiger partial charge in [0, 0.05) is 23.1 Å². The van der Waals surface area contributed by atoms with Crippen molar-refractivity contribution in [1.29, 1.82) is 0 Å². The van der Waals surface area contributed by atoms with Crippen LogP contribution in [0.4, 0.5) is 0 Å². The van der Waals surface area contributed by atoms with Crippen LogP contribution in [0.5, 0.6) is 0 Å². The summed E-state index contributed by atoms with van der Waals surface area (Å²) in [5, 5.41) is 4.88. The highest BCUT2D eigenvalue weighted by Crippen LogP contribution is 2.23. The Morgan fingerprint density at radius 2 is 2.00 bits per heavy atom. The minimum Gasteiger partial charge on any atom is -0.358 e. The molecule has 0 amide bonds. The van der Waals surface area contributed by atoms with Gasteiger partial charge in [-0.05, 0) is 44.0 Å². The molecule has 0 bridgehead atoms. The largest absolute Gasteiger partial charge is 0.358 e. The molecule has 0 aliphatic carbocycles. The Hall–Kier alpha value is -1.28. The predicted molar refractivity (Wildman–Crippen MR) is 74.3 cm³/mol. The maximum absolute atomic E-state index is 3.52. The SMILES string of the molecule is Cc1ccc2[nH]c(C)c(CNCC(C)C)c2c1. The standard InChI is InChI=1S/C15H22N2/c1-10(2)8-16-9-14-12(4)17-15-6-5-11(3)7-13(14)15/h5-7,10,16-17H,8-9H2,1-4H3. The van der Waals surface area contributed by atoms with Gasteiger partial charge in [-0.1, -0.05) is 25.5 Å². The predicted octanol–water partition coefficient (Wildman–Crippen LogP) is 3.53. The molecule has 92 valence electrons. The smallest absolute Gasteiger partial charge is 0.0459 e. The highest BCUT2D eigenvalue weighted by Gasteiger charge is 2.08. The van der Waals surface area contributed by atoms with Gasteiger partial charge < -0.3 is 10.3 Å². The Balaban J connectivity index is 2.26. The number of benzene rings is 1. The first-order chi connectivity index (χ1) is 8.08. The summed E-state index contributed by atoms with van der Waals surface area (Å²) < 4.78 is 0. The highest BCUT2D eigenvalue weighted by molar-refractivity contribution is 5.85. The van der Waals surface area contributed by atoms with Crippen molar-refractivity contribution in [3.05, 3.63) is 35.0 Å². The van der Waals surface area contributed by atoms with Gasteiger partial charge in [-0.15, -0.1) is 0 Å². The third-order valence-electron chi connectivity index (χ3n) is 3.13. The molecule has 2 aromatic rings. The second-order valence-corrected chi connectivity index (χ2v) is 5.30. The van der Waals surface area contributed by atoms with Crippen molar-refractivity contribution in [2.24, 2.45) is 5.92 Å². The molecule has 0 spiro atoms. The molecule has 2 heteroatoms. The van der Waals surface area contributed by atoms with Gasteiger partial charge in [0.15, 0.2) is 0 Å². The van der Waals surface area contributed by atoms with Crippen LogP contribution < -0.4 is 5.32 Å². The zero-order chi connectivity index (χ0) is 12.4. The monoisotopic (exact) mass is 230 g/mol. The van der Waals surface area contributed by atoms with E-state index >= 15 is 0 Å². The molecular formula is C15H22N2. The lowest BCUT2D eigenvalue weighted by atomic mass is 10.1. The van der Waals surface area contributed by atoms with E-state index in [1.807, 2.05) is 0 Å². The molecule has 17 heavy (non-hydrogen) atoms. The van der Waals surface area contributed by atoms with Crippen molar-refractivity contribution in [3.8, 4) is 0 Å². The first-order valence-corrected chi connectivity index (χ1v) is 6.36. The molecule has 1 aromatic heterocycles. The maximum Gasteiger partial charge on any atom is 0.0459 e. The molecule has 1 aromatic carbocycles. The first kappa shape index (κ1) is 12.2. The van der Waals surface area contributed by atoms with Crippen LogP contribution in [0, 0.1) is 19.8 Å². The molecule has 0 aliphatic heterocycles. The fraction of sp³-hybridized carbons (Fsp3) is 0.467. The summed E-state index contributed by atoms with van der Waals surface area (Å²) in [6.07, 6.45) is 0. The van der Waals surface area contributed by atoms with Crippen LogP contribution in [-0.4, -0.2) is 11.5 Å². The summed E-state index contributed by atoms with van der Waals surface area (Å²) in [6, 6.07) is 6.60. The van der Waals surface area contributed by atoms with Crippen molar-refractivity contribution in [1.82, 2.24) is 10.3 Å². The van der Waals surface area contributed by atoms with Crippen molar-refractivity contribution in [3.63, 3.8) is 0 Å². The molecule has 0 radical (unpaired) electrons. The van der Waals surface area contributed by atoms with E-state index in [-0.39, 0.29) is 0 Å². The number of aromatic amines is 1. The Bertz CT molecular complexity index is 509. The summed E-state index contributed by atoms with van der Waals surface area (Å²) in [5.41, 5.74) is 5.25. The Morgan fingerprint density at radius 3 is 2.71 bits per heavy atom. The lowest BCUT2D eigenvalue weighted by Crippen LogP contribution is -2.19. The van der Waals surface area contributed by atoms with Crippen molar-refractivity contribution < 1.29 is 0 Å². The molecule has 0 atom stereocenters. The normalized spacial score (nSPS) is 11.6. The van der Waals surface area contributed by atoms with E-state index < -0.39 is 0 Å². The van der Waals surface area contributed by atoms with Crippen molar-refractivity contribution >= 4 is 10.9 Å². The summed E-state index contributed by atoms with van der Waals surface area (Å²) in [7, 11) is 0. The molecule has 0 saturated carbocycles. The van der Waals surface area contributed by atoms with Crippen LogP contribution >= 0.6 is 0 Å². The molecule has 0 fully saturated rings. The van der Waals surface area contributed by atoms with Crippen LogP contribution in [0.1, 0.15) is 30.7 Å². The minimum atomic E-state index is 0.697. The molecular weight excluding hydrogens is 208 g/mol. The highest BCUT2D eigenvalue weighted by atomic mass is 14.9.